The van der Waals surface area contributed by atoms with Gasteiger partial charge in [0.2, 0.25) is 0 Å². The summed E-state index contributed by atoms with van der Waals surface area (Å²) in [7, 11) is 0. The van der Waals surface area contributed by atoms with Crippen LogP contribution in [0.4, 0.5) is 5.69 Å². The van der Waals surface area contributed by atoms with E-state index in [2.05, 4.69) is 0 Å². The first-order valence-electron chi connectivity index (χ1n) is 4.29. The molecule has 74 valence electrons. The van der Waals surface area contributed by atoms with Gasteiger partial charge in [0.15, 0.2) is 0 Å². The summed E-state index contributed by atoms with van der Waals surface area (Å²) in [4.78, 5) is 0. The minimum Gasteiger partial charge on any atom is -0.399 e. The van der Waals surface area contributed by atoms with Crippen LogP contribution >= 0.6 is 0 Å². The van der Waals surface area contributed by atoms with Crippen LogP contribution in [0.3, 0.4) is 0 Å². The molecule has 5 N–H and O–H groups in total. The molecule has 1 aromatic carbocycles. The smallest absolute Gasteiger partial charge is 0.0995 e. The third kappa shape index (κ3) is 2.02. The lowest BCUT2D eigenvalue weighted by molar-refractivity contribution is 0.164. The third-order valence-corrected chi connectivity index (χ3v) is 2.07. The molecular weight excluding hydrogens is 178 g/mol. The van der Waals surface area contributed by atoms with Crippen LogP contribution in [0.2, 0.25) is 0 Å². The molecule has 1 aromatic rings. The second kappa shape index (κ2) is 4.09. The van der Waals surface area contributed by atoms with Crippen LogP contribution in [0.15, 0.2) is 18.2 Å². The number of nitrogens with two attached hydrogens (primary N) is 2. The van der Waals surface area contributed by atoms with Crippen molar-refractivity contribution in [1.82, 2.24) is 0 Å². The fraction of sp³-hybridized carbons (Fsp3) is 0.300. The molecule has 0 fully saturated rings. The lowest BCUT2D eigenvalue weighted by atomic mass is 9.98. The summed E-state index contributed by atoms with van der Waals surface area (Å²) < 4.78 is 0. The predicted molar refractivity (Wildman–Crippen MR) is 54.2 cm³/mol. The Morgan fingerprint density at radius 1 is 1.50 bits per heavy atom. The highest BCUT2D eigenvalue weighted by Crippen LogP contribution is 2.21. The molecule has 0 radical (unpaired) electrons. The number of nitrogen functional groups attached to an aromatic ring is 1. The van der Waals surface area contributed by atoms with Crippen LogP contribution in [0.25, 0.3) is 0 Å². The van der Waals surface area contributed by atoms with Crippen molar-refractivity contribution >= 4 is 5.69 Å². The molecule has 4 heteroatoms. The van der Waals surface area contributed by atoms with Crippen molar-refractivity contribution in [2.75, 3.05) is 5.73 Å². The van der Waals surface area contributed by atoms with E-state index < -0.39 is 12.1 Å². The van der Waals surface area contributed by atoms with Gasteiger partial charge in [0.25, 0.3) is 0 Å². The zero-order chi connectivity index (χ0) is 10.7. The molecule has 14 heavy (non-hydrogen) atoms. The lowest BCUT2D eigenvalue weighted by Gasteiger charge is -2.16. The summed E-state index contributed by atoms with van der Waals surface area (Å²) in [6.45, 7) is 1.58. The molecule has 0 spiro atoms. The zero-order valence-corrected chi connectivity index (χ0v) is 7.94. The van der Waals surface area contributed by atoms with Crippen LogP contribution in [0.1, 0.15) is 24.1 Å². The Kier molecular flexibility index (Phi) is 3.07. The van der Waals surface area contributed by atoms with Crippen molar-refractivity contribution in [1.29, 1.82) is 5.26 Å². The molecule has 0 aliphatic heterocycles. The summed E-state index contributed by atoms with van der Waals surface area (Å²) in [6.07, 6.45) is -0.705. The number of rotatable bonds is 2. The van der Waals surface area contributed by atoms with Crippen molar-refractivity contribution in [3.8, 4) is 6.07 Å². The molecule has 0 amide bonds. The Morgan fingerprint density at radius 2 is 2.14 bits per heavy atom. The van der Waals surface area contributed by atoms with E-state index in [9.17, 15) is 5.11 Å². The molecule has 0 heterocycles. The Hall–Kier alpha value is -1.57. The standard InChI is InChI=1S/C10H13N3O/c1-6(14)10(13)9-4-8(12)3-2-7(9)5-11/h2-4,6,10,14H,12-13H2,1H3/t6?,10-/m1/s1. The average Bonchev–Trinajstić information content (AvgIpc) is 2.16. The third-order valence-electron chi connectivity index (χ3n) is 2.07. The molecule has 1 rings (SSSR count). The monoisotopic (exact) mass is 191 g/mol. The van der Waals surface area contributed by atoms with E-state index in [1.807, 2.05) is 6.07 Å². The number of aliphatic hydroxyl groups is 1. The molecule has 0 saturated carbocycles. The number of benzene rings is 1. The highest BCUT2D eigenvalue weighted by atomic mass is 16.3. The number of aliphatic hydroxyl groups excluding tert-OH is 1. The van der Waals surface area contributed by atoms with Crippen molar-refractivity contribution in [2.24, 2.45) is 5.73 Å². The van der Waals surface area contributed by atoms with Crippen molar-refractivity contribution < 1.29 is 5.11 Å². The van der Waals surface area contributed by atoms with Gasteiger partial charge in [-0.2, -0.15) is 5.26 Å². The van der Waals surface area contributed by atoms with Gasteiger partial charge < -0.3 is 16.6 Å². The van der Waals surface area contributed by atoms with Crippen LogP contribution < -0.4 is 11.5 Å². The highest BCUT2D eigenvalue weighted by Gasteiger charge is 2.15. The first-order valence-corrected chi connectivity index (χ1v) is 4.29. The predicted octanol–water partition coefficient (Wildman–Crippen LogP) is 0.521. The maximum atomic E-state index is 9.31. The van der Waals surface area contributed by atoms with Gasteiger partial charge in [-0.05, 0) is 30.7 Å². The number of anilines is 1. The molecular formula is C10H13N3O. The van der Waals surface area contributed by atoms with E-state index in [1.54, 1.807) is 25.1 Å². The zero-order valence-electron chi connectivity index (χ0n) is 7.94. The highest BCUT2D eigenvalue weighted by molar-refractivity contribution is 5.50. The SMILES string of the molecule is CC(O)[C@@H](N)c1cc(N)ccc1C#N. The van der Waals surface area contributed by atoms with Crippen molar-refractivity contribution in [2.45, 2.75) is 19.1 Å². The Bertz CT molecular complexity index is 368. The maximum absolute atomic E-state index is 9.31. The Labute approximate surface area is 82.8 Å². The Balaban J connectivity index is 3.18. The second-order valence-electron chi connectivity index (χ2n) is 3.22. The van der Waals surface area contributed by atoms with Crippen LogP contribution in [0, 0.1) is 11.3 Å². The molecule has 0 saturated heterocycles. The van der Waals surface area contributed by atoms with Crippen molar-refractivity contribution in [3.05, 3.63) is 29.3 Å². The molecule has 1 unspecified atom stereocenters. The van der Waals surface area contributed by atoms with Gasteiger partial charge in [-0.3, -0.25) is 0 Å². The second-order valence-corrected chi connectivity index (χ2v) is 3.22. The topological polar surface area (TPSA) is 96.1 Å². The molecule has 0 aliphatic carbocycles. The van der Waals surface area contributed by atoms with Gasteiger partial charge in [-0.25, -0.2) is 0 Å². The van der Waals surface area contributed by atoms with E-state index >= 15 is 0 Å². The lowest BCUT2D eigenvalue weighted by Crippen LogP contribution is -2.24. The van der Waals surface area contributed by atoms with E-state index in [0.29, 0.717) is 16.8 Å². The van der Waals surface area contributed by atoms with Crippen LogP contribution in [0.5, 0.6) is 0 Å². The number of hydrogen-bond acceptors (Lipinski definition) is 4. The molecule has 2 atom stereocenters. The number of nitrogens with zero attached hydrogens (tertiary/aromatic N) is 1. The fourth-order valence-electron chi connectivity index (χ4n) is 1.22. The quantitative estimate of drug-likeness (QED) is 0.594. The molecule has 4 nitrogen and oxygen atoms in total. The van der Waals surface area contributed by atoms with Gasteiger partial charge >= 0.3 is 0 Å². The number of hydrogen-bond donors (Lipinski definition) is 3. The summed E-state index contributed by atoms with van der Waals surface area (Å²) in [5, 5.41) is 18.1. The molecule has 0 aliphatic rings. The Morgan fingerprint density at radius 3 is 2.64 bits per heavy atom. The largest absolute Gasteiger partial charge is 0.399 e. The van der Waals surface area contributed by atoms with Gasteiger partial charge in [0, 0.05) is 5.69 Å². The maximum Gasteiger partial charge on any atom is 0.0995 e. The number of nitriles is 1. The first-order chi connectivity index (χ1) is 6.56. The first kappa shape index (κ1) is 10.5. The van der Waals surface area contributed by atoms with Crippen LogP contribution in [-0.2, 0) is 0 Å². The minimum absolute atomic E-state index is 0.451. The molecule has 0 bridgehead atoms. The van der Waals surface area contributed by atoms with E-state index in [4.69, 9.17) is 16.7 Å². The summed E-state index contributed by atoms with van der Waals surface area (Å²) >= 11 is 0. The van der Waals surface area contributed by atoms with Crippen molar-refractivity contribution in [3.63, 3.8) is 0 Å². The van der Waals surface area contributed by atoms with E-state index in [0.717, 1.165) is 0 Å². The fourth-order valence-corrected chi connectivity index (χ4v) is 1.22. The minimum atomic E-state index is -0.705. The van der Waals surface area contributed by atoms with Crippen LogP contribution in [-0.4, -0.2) is 11.2 Å². The summed E-state index contributed by atoms with van der Waals surface area (Å²) in [6, 6.07) is 6.30. The van der Waals surface area contributed by atoms with E-state index in [-0.39, 0.29) is 0 Å². The summed E-state index contributed by atoms with van der Waals surface area (Å²) in [5.41, 5.74) is 12.9. The average molecular weight is 191 g/mol. The van der Waals surface area contributed by atoms with Gasteiger partial charge in [0.05, 0.1) is 23.8 Å². The van der Waals surface area contributed by atoms with Gasteiger partial charge in [-0.1, -0.05) is 0 Å². The van der Waals surface area contributed by atoms with Gasteiger partial charge in [0.1, 0.15) is 0 Å². The normalized spacial score (nSPS) is 14.4. The molecule has 0 aromatic heterocycles. The summed E-state index contributed by atoms with van der Waals surface area (Å²) in [5.74, 6) is 0. The van der Waals surface area contributed by atoms with Gasteiger partial charge in [-0.15, -0.1) is 0 Å². The van der Waals surface area contributed by atoms with E-state index in [1.165, 1.54) is 0 Å².